The molecule has 0 saturated heterocycles. The summed E-state index contributed by atoms with van der Waals surface area (Å²) in [5, 5.41) is 0. The van der Waals surface area contributed by atoms with Crippen LogP contribution in [0.4, 0.5) is 0 Å². The summed E-state index contributed by atoms with van der Waals surface area (Å²) in [6.07, 6.45) is 15.9. The lowest BCUT2D eigenvalue weighted by Gasteiger charge is -2.34. The predicted octanol–water partition coefficient (Wildman–Crippen LogP) is 5.28. The molecule has 18 heavy (non-hydrogen) atoms. The van der Waals surface area contributed by atoms with Crippen molar-refractivity contribution in [1.29, 1.82) is 0 Å². The minimum absolute atomic E-state index is 1.11. The van der Waals surface area contributed by atoms with E-state index >= 15 is 0 Å². The third-order valence-electron chi connectivity index (χ3n) is 7.01. The minimum Gasteiger partial charge on any atom is -0.0654 e. The lowest BCUT2D eigenvalue weighted by molar-refractivity contribution is 0.157. The van der Waals surface area contributed by atoms with Gasteiger partial charge >= 0.3 is 0 Å². The number of hydrogen-bond acceptors (Lipinski definition) is 0. The highest BCUT2D eigenvalue weighted by atomic mass is 14.5. The molecule has 4 unspecified atom stereocenters. The van der Waals surface area contributed by atoms with Crippen LogP contribution in [0.25, 0.3) is 0 Å². The molecular weight excluding hydrogens is 216 g/mol. The molecule has 4 aliphatic rings. The highest BCUT2D eigenvalue weighted by Gasteiger charge is 2.48. The van der Waals surface area contributed by atoms with Gasteiger partial charge in [-0.15, -0.1) is 0 Å². The first-order chi connectivity index (χ1) is 8.83. The topological polar surface area (TPSA) is 0 Å². The Morgan fingerprint density at radius 2 is 1.06 bits per heavy atom. The van der Waals surface area contributed by atoms with E-state index in [4.69, 9.17) is 0 Å². The average molecular weight is 246 g/mol. The molecule has 102 valence electrons. The monoisotopic (exact) mass is 246 g/mol. The van der Waals surface area contributed by atoms with E-state index in [1.165, 1.54) is 24.7 Å². The Morgan fingerprint density at radius 1 is 0.611 bits per heavy atom. The van der Waals surface area contributed by atoms with Crippen LogP contribution in [0.3, 0.4) is 0 Å². The lowest BCUT2D eigenvalue weighted by Crippen LogP contribution is -2.25. The van der Waals surface area contributed by atoms with Crippen LogP contribution < -0.4 is 0 Å². The zero-order chi connectivity index (χ0) is 12.1. The molecule has 0 heteroatoms. The van der Waals surface area contributed by atoms with Crippen LogP contribution in [0.1, 0.15) is 71.1 Å². The van der Waals surface area contributed by atoms with Gasteiger partial charge in [0.2, 0.25) is 0 Å². The minimum atomic E-state index is 1.11. The van der Waals surface area contributed by atoms with Crippen molar-refractivity contribution >= 4 is 0 Å². The average Bonchev–Trinajstić information content (AvgIpc) is 3.01. The molecule has 0 bridgehead atoms. The summed E-state index contributed by atoms with van der Waals surface area (Å²) in [6.45, 7) is 2.37. The summed E-state index contributed by atoms with van der Waals surface area (Å²) in [7, 11) is 0. The fourth-order valence-electron chi connectivity index (χ4n) is 6.13. The maximum atomic E-state index is 2.37. The molecule has 0 heterocycles. The van der Waals surface area contributed by atoms with E-state index in [0.29, 0.717) is 0 Å². The second-order valence-electron chi connectivity index (χ2n) is 8.21. The van der Waals surface area contributed by atoms with E-state index in [1.54, 1.807) is 51.4 Å². The largest absolute Gasteiger partial charge is 0.0654 e. The summed E-state index contributed by atoms with van der Waals surface area (Å²) < 4.78 is 0. The molecule has 4 aliphatic carbocycles. The van der Waals surface area contributed by atoms with E-state index in [9.17, 15) is 0 Å². The van der Waals surface area contributed by atoms with Gasteiger partial charge in [0.1, 0.15) is 0 Å². The van der Waals surface area contributed by atoms with Gasteiger partial charge in [-0.2, -0.15) is 0 Å². The number of hydrogen-bond donors (Lipinski definition) is 0. The van der Waals surface area contributed by atoms with Crippen LogP contribution in [-0.4, -0.2) is 0 Å². The molecule has 0 radical (unpaired) electrons. The van der Waals surface area contributed by atoms with Gasteiger partial charge in [0.05, 0.1) is 0 Å². The maximum absolute atomic E-state index is 2.37. The molecule has 4 rings (SSSR count). The summed E-state index contributed by atoms with van der Waals surface area (Å²) in [5.74, 6) is 8.10. The second kappa shape index (κ2) is 4.53. The summed E-state index contributed by atoms with van der Waals surface area (Å²) >= 11 is 0. The quantitative estimate of drug-likeness (QED) is 0.636. The van der Waals surface area contributed by atoms with Gasteiger partial charge in [0, 0.05) is 0 Å². The Hall–Kier alpha value is 0. The van der Waals surface area contributed by atoms with Crippen LogP contribution >= 0.6 is 0 Å². The number of fused-ring (bicyclic) bond motifs is 2. The maximum Gasteiger partial charge on any atom is -0.0380 e. The van der Waals surface area contributed by atoms with Gasteiger partial charge in [0.25, 0.3) is 0 Å². The van der Waals surface area contributed by atoms with E-state index in [1.807, 2.05) is 0 Å². The van der Waals surface area contributed by atoms with Crippen molar-refractivity contribution in [3.05, 3.63) is 0 Å². The summed E-state index contributed by atoms with van der Waals surface area (Å²) in [5.41, 5.74) is 0. The van der Waals surface area contributed by atoms with Crippen molar-refractivity contribution in [2.75, 3.05) is 0 Å². The van der Waals surface area contributed by atoms with Crippen molar-refractivity contribution in [2.45, 2.75) is 71.1 Å². The zero-order valence-electron chi connectivity index (χ0n) is 12.1. The van der Waals surface area contributed by atoms with Gasteiger partial charge in [0.15, 0.2) is 0 Å². The van der Waals surface area contributed by atoms with Gasteiger partial charge in [-0.25, -0.2) is 0 Å². The molecule has 4 saturated carbocycles. The van der Waals surface area contributed by atoms with Crippen molar-refractivity contribution in [3.63, 3.8) is 0 Å². The van der Waals surface area contributed by atoms with Gasteiger partial charge in [-0.05, 0) is 92.8 Å². The second-order valence-corrected chi connectivity index (χ2v) is 8.21. The van der Waals surface area contributed by atoms with Crippen LogP contribution in [0.15, 0.2) is 0 Å². The van der Waals surface area contributed by atoms with Gasteiger partial charge in [-0.3, -0.25) is 0 Å². The fourth-order valence-corrected chi connectivity index (χ4v) is 6.13. The molecule has 0 spiro atoms. The Balaban J connectivity index is 1.38. The molecule has 0 amide bonds. The first-order valence-electron chi connectivity index (χ1n) is 8.83. The highest BCUT2D eigenvalue weighted by Crippen LogP contribution is 2.58. The first-order valence-corrected chi connectivity index (χ1v) is 8.83. The van der Waals surface area contributed by atoms with E-state index in [-0.39, 0.29) is 0 Å². The van der Waals surface area contributed by atoms with E-state index in [2.05, 4.69) is 6.92 Å². The fraction of sp³-hybridized carbons (Fsp3) is 1.00. The number of rotatable bonds is 3. The predicted molar refractivity (Wildman–Crippen MR) is 76.3 cm³/mol. The van der Waals surface area contributed by atoms with Crippen molar-refractivity contribution in [2.24, 2.45) is 41.4 Å². The smallest absolute Gasteiger partial charge is 0.0380 e. The Bertz CT molecular complexity index is 281. The molecule has 0 nitrogen and oxygen atoms in total. The molecule has 0 aromatic carbocycles. The van der Waals surface area contributed by atoms with Crippen LogP contribution in [0, 0.1) is 41.4 Å². The molecule has 0 aromatic rings. The summed E-state index contributed by atoms with van der Waals surface area (Å²) in [4.78, 5) is 0. The van der Waals surface area contributed by atoms with Gasteiger partial charge in [-0.1, -0.05) is 19.8 Å². The SMILES string of the molecule is CCCC1CC2CC3CC(C4CC4)CC3CC2C1. The lowest BCUT2D eigenvalue weighted by atomic mass is 9.71. The normalized spacial score (nSPS) is 51.2. The Labute approximate surface area is 113 Å². The third kappa shape index (κ3) is 2.04. The highest BCUT2D eigenvalue weighted by molar-refractivity contribution is 4.98. The summed E-state index contributed by atoms with van der Waals surface area (Å²) in [6, 6.07) is 0. The van der Waals surface area contributed by atoms with Gasteiger partial charge < -0.3 is 0 Å². The molecule has 0 aromatic heterocycles. The molecular formula is C18H30. The molecule has 0 aliphatic heterocycles. The van der Waals surface area contributed by atoms with Crippen molar-refractivity contribution in [3.8, 4) is 0 Å². The zero-order valence-corrected chi connectivity index (χ0v) is 12.1. The van der Waals surface area contributed by atoms with Crippen LogP contribution in [-0.2, 0) is 0 Å². The third-order valence-corrected chi connectivity index (χ3v) is 7.01. The molecule has 4 fully saturated rings. The van der Waals surface area contributed by atoms with Crippen LogP contribution in [0.2, 0.25) is 0 Å². The molecule has 0 N–H and O–H groups in total. The Kier molecular flexibility index (Phi) is 2.97. The van der Waals surface area contributed by atoms with Crippen molar-refractivity contribution in [1.82, 2.24) is 0 Å². The first kappa shape index (κ1) is 11.8. The van der Waals surface area contributed by atoms with E-state index < -0.39 is 0 Å². The van der Waals surface area contributed by atoms with Crippen molar-refractivity contribution < 1.29 is 0 Å². The molecule has 4 atom stereocenters. The standard InChI is InChI=1S/C18H30/c1-2-3-12-6-14-8-17-10-16(13-4-5-13)11-18(17)9-15(14)7-12/h12-18H,2-11H2,1H3. The van der Waals surface area contributed by atoms with E-state index in [0.717, 1.165) is 29.6 Å². The Morgan fingerprint density at radius 3 is 1.50 bits per heavy atom. The van der Waals surface area contributed by atoms with Crippen LogP contribution in [0.5, 0.6) is 0 Å².